The number of carbonyl (C=O) groups is 1. The maximum atomic E-state index is 13.7. The number of hydrogen-bond acceptors (Lipinski definition) is 3. The monoisotopic (exact) mass is 309 g/mol. The molecule has 0 atom stereocenters. The SMILES string of the molecule is CCN1C(=O)CCc2cc(Nc3cccc(F)c3C#N)ccc21. The first-order chi connectivity index (χ1) is 11.1. The summed E-state index contributed by atoms with van der Waals surface area (Å²) in [5.41, 5.74) is 3.21. The van der Waals surface area contributed by atoms with Crippen molar-refractivity contribution in [3.63, 3.8) is 0 Å². The number of aryl methyl sites for hydroxylation is 1. The van der Waals surface area contributed by atoms with Gasteiger partial charge in [-0.2, -0.15) is 5.26 Å². The van der Waals surface area contributed by atoms with Crippen molar-refractivity contribution in [2.45, 2.75) is 19.8 Å². The van der Waals surface area contributed by atoms with Crippen molar-refractivity contribution in [1.29, 1.82) is 5.26 Å². The number of halogens is 1. The fraction of sp³-hybridized carbons (Fsp3) is 0.222. The van der Waals surface area contributed by atoms with E-state index in [1.165, 1.54) is 6.07 Å². The lowest BCUT2D eigenvalue weighted by Crippen LogP contribution is -2.34. The number of fused-ring (bicyclic) bond motifs is 1. The average Bonchev–Trinajstić information content (AvgIpc) is 2.55. The van der Waals surface area contributed by atoms with E-state index in [2.05, 4.69) is 5.32 Å². The third kappa shape index (κ3) is 2.76. The summed E-state index contributed by atoms with van der Waals surface area (Å²) in [7, 11) is 0. The largest absolute Gasteiger partial charge is 0.354 e. The van der Waals surface area contributed by atoms with Crippen molar-refractivity contribution >= 4 is 23.0 Å². The Balaban J connectivity index is 1.94. The van der Waals surface area contributed by atoms with Gasteiger partial charge in [0.25, 0.3) is 0 Å². The van der Waals surface area contributed by atoms with Crippen LogP contribution in [0.25, 0.3) is 0 Å². The summed E-state index contributed by atoms with van der Waals surface area (Å²) in [4.78, 5) is 13.7. The maximum absolute atomic E-state index is 13.7. The van der Waals surface area contributed by atoms with Crippen LogP contribution in [0, 0.1) is 17.1 Å². The van der Waals surface area contributed by atoms with Crippen LogP contribution in [-0.2, 0) is 11.2 Å². The Kier molecular flexibility index (Phi) is 3.98. The van der Waals surface area contributed by atoms with Crippen molar-refractivity contribution in [3.8, 4) is 6.07 Å². The number of carbonyl (C=O) groups excluding carboxylic acids is 1. The van der Waals surface area contributed by atoms with Crippen LogP contribution in [0.15, 0.2) is 36.4 Å². The highest BCUT2D eigenvalue weighted by molar-refractivity contribution is 5.96. The van der Waals surface area contributed by atoms with E-state index in [-0.39, 0.29) is 11.5 Å². The molecule has 0 aliphatic carbocycles. The molecule has 1 amide bonds. The standard InChI is InChI=1S/C18H16FN3O/c1-2-22-17-8-7-13(10-12(17)6-9-18(22)23)21-16-5-3-4-15(19)14(16)11-20/h3-5,7-8,10,21H,2,6,9H2,1H3. The summed E-state index contributed by atoms with van der Waals surface area (Å²) in [5.74, 6) is -0.407. The van der Waals surface area contributed by atoms with Crippen molar-refractivity contribution in [2.75, 3.05) is 16.8 Å². The van der Waals surface area contributed by atoms with E-state index in [1.807, 2.05) is 31.2 Å². The Bertz CT molecular complexity index is 810. The Morgan fingerprint density at radius 3 is 2.87 bits per heavy atom. The van der Waals surface area contributed by atoms with Crippen molar-refractivity contribution < 1.29 is 9.18 Å². The molecule has 3 rings (SSSR count). The van der Waals surface area contributed by atoms with Crippen LogP contribution in [-0.4, -0.2) is 12.5 Å². The van der Waals surface area contributed by atoms with Crippen molar-refractivity contribution in [2.24, 2.45) is 0 Å². The van der Waals surface area contributed by atoms with Crippen LogP contribution in [0.5, 0.6) is 0 Å². The number of hydrogen-bond donors (Lipinski definition) is 1. The van der Waals surface area contributed by atoms with Gasteiger partial charge in [0, 0.05) is 24.3 Å². The van der Waals surface area contributed by atoms with E-state index in [4.69, 9.17) is 5.26 Å². The normalized spacial score (nSPS) is 13.4. The van der Waals surface area contributed by atoms with Crippen molar-refractivity contribution in [3.05, 3.63) is 53.3 Å². The number of nitrogens with zero attached hydrogens (tertiary/aromatic N) is 2. The molecule has 0 aromatic heterocycles. The minimum Gasteiger partial charge on any atom is -0.354 e. The van der Waals surface area contributed by atoms with Gasteiger partial charge < -0.3 is 10.2 Å². The first-order valence-electron chi connectivity index (χ1n) is 7.53. The number of anilines is 3. The molecule has 2 aromatic carbocycles. The van der Waals surface area contributed by atoms with Gasteiger partial charge in [-0.15, -0.1) is 0 Å². The molecule has 4 nitrogen and oxygen atoms in total. The predicted octanol–water partition coefficient (Wildman–Crippen LogP) is 3.74. The van der Waals surface area contributed by atoms with Crippen LogP contribution in [0.2, 0.25) is 0 Å². The fourth-order valence-electron chi connectivity index (χ4n) is 2.88. The Labute approximate surface area is 134 Å². The zero-order valence-corrected chi connectivity index (χ0v) is 12.8. The lowest BCUT2D eigenvalue weighted by molar-refractivity contribution is -0.118. The Morgan fingerprint density at radius 2 is 2.13 bits per heavy atom. The molecule has 5 heteroatoms. The average molecular weight is 309 g/mol. The van der Waals surface area contributed by atoms with E-state index in [0.717, 1.165) is 16.9 Å². The second-order valence-electron chi connectivity index (χ2n) is 5.38. The summed E-state index contributed by atoms with van der Waals surface area (Å²) in [6.07, 6.45) is 1.18. The van der Waals surface area contributed by atoms with E-state index < -0.39 is 5.82 Å². The molecule has 0 saturated heterocycles. The molecule has 0 radical (unpaired) electrons. The lowest BCUT2D eigenvalue weighted by Gasteiger charge is -2.28. The zero-order chi connectivity index (χ0) is 16.4. The summed E-state index contributed by atoms with van der Waals surface area (Å²) >= 11 is 0. The number of amides is 1. The first-order valence-corrected chi connectivity index (χ1v) is 7.53. The molecule has 116 valence electrons. The quantitative estimate of drug-likeness (QED) is 0.939. The fourth-order valence-corrected chi connectivity index (χ4v) is 2.88. The number of benzene rings is 2. The molecule has 1 aliphatic rings. The van der Waals surface area contributed by atoms with Crippen molar-refractivity contribution in [1.82, 2.24) is 0 Å². The van der Waals surface area contributed by atoms with Crippen LogP contribution in [0.1, 0.15) is 24.5 Å². The molecular formula is C18H16FN3O. The Morgan fingerprint density at radius 1 is 1.30 bits per heavy atom. The highest BCUT2D eigenvalue weighted by Gasteiger charge is 2.22. The molecule has 1 heterocycles. The van der Waals surface area contributed by atoms with Gasteiger partial charge in [-0.1, -0.05) is 6.07 Å². The summed E-state index contributed by atoms with van der Waals surface area (Å²) < 4.78 is 13.7. The van der Waals surface area contributed by atoms with Gasteiger partial charge in [0.05, 0.1) is 5.69 Å². The van der Waals surface area contributed by atoms with E-state index >= 15 is 0 Å². The van der Waals surface area contributed by atoms with E-state index in [9.17, 15) is 9.18 Å². The summed E-state index contributed by atoms with van der Waals surface area (Å²) in [6.45, 7) is 2.59. The second kappa shape index (κ2) is 6.09. The summed E-state index contributed by atoms with van der Waals surface area (Å²) in [6, 6.07) is 12.1. The molecule has 0 bridgehead atoms. The highest BCUT2D eigenvalue weighted by atomic mass is 19.1. The van der Waals surface area contributed by atoms with Gasteiger partial charge in [0.1, 0.15) is 17.4 Å². The van der Waals surface area contributed by atoms with Gasteiger partial charge in [-0.3, -0.25) is 4.79 Å². The van der Waals surface area contributed by atoms with Gasteiger partial charge in [-0.05, 0) is 49.2 Å². The van der Waals surface area contributed by atoms with E-state index in [0.29, 0.717) is 25.1 Å². The van der Waals surface area contributed by atoms with Crippen LogP contribution < -0.4 is 10.2 Å². The molecule has 0 unspecified atom stereocenters. The minimum absolute atomic E-state index is 0.00409. The molecule has 0 fully saturated rings. The predicted molar refractivity (Wildman–Crippen MR) is 87.2 cm³/mol. The molecule has 0 saturated carbocycles. The number of rotatable bonds is 3. The smallest absolute Gasteiger partial charge is 0.227 e. The third-order valence-electron chi connectivity index (χ3n) is 4.00. The second-order valence-corrected chi connectivity index (χ2v) is 5.38. The van der Waals surface area contributed by atoms with Crippen LogP contribution in [0.3, 0.4) is 0 Å². The molecule has 2 aromatic rings. The van der Waals surface area contributed by atoms with Gasteiger partial charge in [0.2, 0.25) is 5.91 Å². The summed E-state index contributed by atoms with van der Waals surface area (Å²) in [5, 5.41) is 12.2. The molecule has 1 N–H and O–H groups in total. The maximum Gasteiger partial charge on any atom is 0.227 e. The van der Waals surface area contributed by atoms with Gasteiger partial charge in [0.15, 0.2) is 0 Å². The number of nitrogens with one attached hydrogen (secondary N) is 1. The zero-order valence-electron chi connectivity index (χ0n) is 12.8. The topological polar surface area (TPSA) is 56.1 Å². The van der Waals surface area contributed by atoms with Gasteiger partial charge in [-0.25, -0.2) is 4.39 Å². The third-order valence-corrected chi connectivity index (χ3v) is 4.00. The van der Waals surface area contributed by atoms with E-state index in [1.54, 1.807) is 17.0 Å². The highest BCUT2D eigenvalue weighted by Crippen LogP contribution is 2.31. The lowest BCUT2D eigenvalue weighted by atomic mass is 10.0. The molecular weight excluding hydrogens is 293 g/mol. The number of nitriles is 1. The Hall–Kier alpha value is -2.87. The molecule has 23 heavy (non-hydrogen) atoms. The van der Waals surface area contributed by atoms with Crippen LogP contribution in [0.4, 0.5) is 21.5 Å². The molecule has 1 aliphatic heterocycles. The molecule has 0 spiro atoms. The first kappa shape index (κ1) is 15.0. The van der Waals surface area contributed by atoms with Crippen LogP contribution >= 0.6 is 0 Å². The minimum atomic E-state index is -0.543. The van der Waals surface area contributed by atoms with Gasteiger partial charge >= 0.3 is 0 Å².